The van der Waals surface area contributed by atoms with Crippen molar-refractivity contribution in [3.05, 3.63) is 35.7 Å². The van der Waals surface area contributed by atoms with Crippen LogP contribution in [0.15, 0.2) is 38.6 Å². The first-order chi connectivity index (χ1) is 12.6. The van der Waals surface area contributed by atoms with Crippen LogP contribution < -0.4 is 4.90 Å². The fourth-order valence-electron chi connectivity index (χ4n) is 3.22. The molecule has 3 rings (SSSR count). The van der Waals surface area contributed by atoms with Crippen LogP contribution in [-0.4, -0.2) is 26.5 Å². The predicted octanol–water partition coefficient (Wildman–Crippen LogP) is 4.60. The van der Waals surface area contributed by atoms with Crippen molar-refractivity contribution >= 4 is 15.7 Å². The van der Waals surface area contributed by atoms with Gasteiger partial charge in [-0.1, -0.05) is 46.8 Å². The maximum Gasteiger partial charge on any atom is 0.236 e. The quantitative estimate of drug-likeness (QED) is 0.763. The van der Waals surface area contributed by atoms with Crippen LogP contribution in [0.1, 0.15) is 58.9 Å². The predicted molar refractivity (Wildman–Crippen MR) is 107 cm³/mol. The lowest BCUT2D eigenvalue weighted by Gasteiger charge is -2.30. The van der Waals surface area contributed by atoms with Gasteiger partial charge in [-0.2, -0.15) is 4.98 Å². The third kappa shape index (κ3) is 4.05. The third-order valence-electron chi connectivity index (χ3n) is 5.19. The molecule has 5 nitrogen and oxygen atoms in total. The van der Waals surface area contributed by atoms with Gasteiger partial charge in [0.2, 0.25) is 26.6 Å². The minimum absolute atomic E-state index is 0.0474. The lowest BCUT2D eigenvalue weighted by atomic mass is 9.97. The van der Waals surface area contributed by atoms with Gasteiger partial charge in [0.05, 0.1) is 4.90 Å². The van der Waals surface area contributed by atoms with E-state index in [1.54, 1.807) is 12.1 Å². The molecule has 2 heterocycles. The second-order valence-corrected chi connectivity index (χ2v) is 10.4. The maximum atomic E-state index is 13.4. The van der Waals surface area contributed by atoms with Gasteiger partial charge in [-0.25, -0.2) is 8.42 Å². The molecule has 1 aliphatic rings. The number of hydrogen-bond donors (Lipinski definition) is 0. The summed E-state index contributed by atoms with van der Waals surface area (Å²) in [5.74, 6) is 1.50. The molecule has 0 bridgehead atoms. The SMILES string of the molecule is CCc1ccc(S(=O)(=O)c2nc(C(C)(C)C)oc2N2CCC(C)CC2)cc1. The zero-order valence-electron chi connectivity index (χ0n) is 16.9. The van der Waals surface area contributed by atoms with Crippen molar-refractivity contribution in [1.82, 2.24) is 4.98 Å². The minimum Gasteiger partial charge on any atom is -0.423 e. The zero-order valence-corrected chi connectivity index (χ0v) is 17.8. The Kier molecular flexibility index (Phi) is 5.39. The van der Waals surface area contributed by atoms with Crippen LogP contribution in [0.25, 0.3) is 0 Å². The highest BCUT2D eigenvalue weighted by molar-refractivity contribution is 7.91. The van der Waals surface area contributed by atoms with Crippen molar-refractivity contribution in [2.45, 2.75) is 69.2 Å². The minimum atomic E-state index is -3.74. The van der Waals surface area contributed by atoms with E-state index in [1.807, 2.05) is 44.7 Å². The van der Waals surface area contributed by atoms with Gasteiger partial charge in [-0.15, -0.1) is 0 Å². The van der Waals surface area contributed by atoms with Crippen LogP contribution in [0.3, 0.4) is 0 Å². The fourth-order valence-corrected chi connectivity index (χ4v) is 4.54. The molecule has 0 aliphatic carbocycles. The smallest absolute Gasteiger partial charge is 0.236 e. The first-order valence-electron chi connectivity index (χ1n) is 9.73. The Hall–Kier alpha value is -1.82. The molecule has 0 N–H and O–H groups in total. The summed E-state index contributed by atoms with van der Waals surface area (Å²) in [5.41, 5.74) is 0.743. The molecule has 1 aliphatic heterocycles. The first-order valence-corrected chi connectivity index (χ1v) is 11.2. The molecule has 1 aromatic heterocycles. The van der Waals surface area contributed by atoms with Gasteiger partial charge in [0.1, 0.15) is 0 Å². The average molecular weight is 391 g/mol. The van der Waals surface area contributed by atoms with Crippen LogP contribution in [-0.2, 0) is 21.7 Å². The van der Waals surface area contributed by atoms with Gasteiger partial charge in [-0.3, -0.25) is 0 Å². The fraction of sp³-hybridized carbons (Fsp3) is 0.571. The summed E-state index contributed by atoms with van der Waals surface area (Å²) < 4.78 is 32.7. The summed E-state index contributed by atoms with van der Waals surface area (Å²) in [6.07, 6.45) is 2.92. The molecule has 2 aromatic rings. The van der Waals surface area contributed by atoms with Crippen molar-refractivity contribution in [3.63, 3.8) is 0 Å². The largest absolute Gasteiger partial charge is 0.423 e. The summed E-state index contributed by atoms with van der Waals surface area (Å²) in [7, 11) is -3.74. The van der Waals surface area contributed by atoms with Gasteiger partial charge < -0.3 is 9.32 Å². The molecule has 0 radical (unpaired) electrons. The summed E-state index contributed by atoms with van der Waals surface area (Å²) in [6.45, 7) is 11.8. The Morgan fingerprint density at radius 1 is 1.15 bits per heavy atom. The van der Waals surface area contributed by atoms with Crippen molar-refractivity contribution < 1.29 is 12.8 Å². The number of anilines is 1. The van der Waals surface area contributed by atoms with Crippen molar-refractivity contribution in [3.8, 4) is 0 Å². The number of piperidine rings is 1. The number of rotatable bonds is 4. The van der Waals surface area contributed by atoms with Crippen LogP contribution in [0.2, 0.25) is 0 Å². The second kappa shape index (κ2) is 7.30. The summed E-state index contributed by atoms with van der Waals surface area (Å²) in [6, 6.07) is 7.06. The van der Waals surface area contributed by atoms with E-state index in [0.29, 0.717) is 17.7 Å². The summed E-state index contributed by atoms with van der Waals surface area (Å²) >= 11 is 0. The van der Waals surface area contributed by atoms with Gasteiger partial charge in [0, 0.05) is 18.5 Å². The summed E-state index contributed by atoms with van der Waals surface area (Å²) in [4.78, 5) is 6.77. The topological polar surface area (TPSA) is 63.4 Å². The van der Waals surface area contributed by atoms with Crippen LogP contribution in [0.4, 0.5) is 5.88 Å². The summed E-state index contributed by atoms with van der Waals surface area (Å²) in [5, 5.41) is 0.0474. The molecule has 1 saturated heterocycles. The number of benzene rings is 1. The van der Waals surface area contributed by atoms with E-state index in [4.69, 9.17) is 4.42 Å². The standard InChI is InChI=1S/C21H30N2O3S/c1-6-16-7-9-17(10-8-16)27(24,25)18-19(23-13-11-15(2)12-14-23)26-20(22-18)21(3,4)5/h7-10,15H,6,11-14H2,1-5H3. The van der Waals surface area contributed by atoms with E-state index >= 15 is 0 Å². The molecule has 0 unspecified atom stereocenters. The van der Waals surface area contributed by atoms with Crippen LogP contribution in [0.5, 0.6) is 0 Å². The highest BCUT2D eigenvalue weighted by Gasteiger charge is 2.34. The highest BCUT2D eigenvalue weighted by atomic mass is 32.2. The first kappa shape index (κ1) is 19.9. The van der Waals surface area contributed by atoms with Gasteiger partial charge in [0.25, 0.3) is 0 Å². The van der Waals surface area contributed by atoms with E-state index in [2.05, 4.69) is 11.9 Å². The molecule has 0 amide bonds. The molecule has 27 heavy (non-hydrogen) atoms. The van der Waals surface area contributed by atoms with Gasteiger partial charge >= 0.3 is 0 Å². The third-order valence-corrected chi connectivity index (χ3v) is 6.86. The Balaban J connectivity index is 2.07. The molecule has 1 fully saturated rings. The van der Waals surface area contributed by atoms with E-state index in [-0.39, 0.29) is 15.3 Å². The van der Waals surface area contributed by atoms with E-state index in [9.17, 15) is 8.42 Å². The average Bonchev–Trinajstić information content (AvgIpc) is 3.09. The van der Waals surface area contributed by atoms with Crippen molar-refractivity contribution in [1.29, 1.82) is 0 Å². The molecule has 148 valence electrons. The van der Waals surface area contributed by atoms with E-state index in [1.165, 1.54) is 0 Å². The number of nitrogens with zero attached hydrogens (tertiary/aromatic N) is 2. The van der Waals surface area contributed by atoms with Crippen LogP contribution >= 0.6 is 0 Å². The van der Waals surface area contributed by atoms with Gasteiger partial charge in [0.15, 0.2) is 0 Å². The monoisotopic (exact) mass is 390 g/mol. The normalized spacial score (nSPS) is 16.7. The number of hydrogen-bond acceptors (Lipinski definition) is 5. The molecule has 1 aromatic carbocycles. The molecule has 6 heteroatoms. The van der Waals surface area contributed by atoms with Crippen LogP contribution in [0, 0.1) is 5.92 Å². The number of oxazole rings is 1. The zero-order chi connectivity index (χ0) is 19.8. The second-order valence-electron chi connectivity index (χ2n) is 8.55. The van der Waals surface area contributed by atoms with E-state index < -0.39 is 9.84 Å². The molecule has 0 spiro atoms. The lowest BCUT2D eigenvalue weighted by Crippen LogP contribution is -2.33. The molecular weight excluding hydrogens is 360 g/mol. The van der Waals surface area contributed by atoms with Gasteiger partial charge in [-0.05, 0) is 42.9 Å². The highest BCUT2D eigenvalue weighted by Crippen LogP contribution is 2.36. The molecule has 0 saturated carbocycles. The number of aryl methyl sites for hydroxylation is 1. The maximum absolute atomic E-state index is 13.4. The Morgan fingerprint density at radius 2 is 1.74 bits per heavy atom. The van der Waals surface area contributed by atoms with Crippen molar-refractivity contribution in [2.75, 3.05) is 18.0 Å². The Bertz CT molecular complexity index is 884. The molecular formula is C21H30N2O3S. The Labute approximate surface area is 162 Å². The lowest BCUT2D eigenvalue weighted by molar-refractivity contribution is 0.372. The number of aromatic nitrogens is 1. The molecule has 0 atom stereocenters. The van der Waals surface area contributed by atoms with E-state index in [0.717, 1.165) is 37.9 Å². The Morgan fingerprint density at radius 3 is 2.26 bits per heavy atom. The number of sulfone groups is 1. The van der Waals surface area contributed by atoms with Crippen molar-refractivity contribution in [2.24, 2.45) is 5.92 Å².